The first kappa shape index (κ1) is 18.7. The van der Waals surface area contributed by atoms with Gasteiger partial charge in [-0.15, -0.1) is 0 Å². The SMILES string of the molecule is O=C(NC[C@@H](c1cccnc1)S(=O)(=O)c1ccc(F)cc1)c1ccccc1. The molecule has 1 aromatic heterocycles. The quantitative estimate of drug-likeness (QED) is 0.663. The van der Waals surface area contributed by atoms with Crippen molar-refractivity contribution in [3.63, 3.8) is 0 Å². The normalized spacial score (nSPS) is 12.3. The fourth-order valence-corrected chi connectivity index (χ4v) is 4.28. The van der Waals surface area contributed by atoms with Gasteiger partial charge in [0, 0.05) is 24.5 Å². The number of nitrogens with one attached hydrogen (secondary N) is 1. The minimum Gasteiger partial charge on any atom is -0.350 e. The molecule has 1 N–H and O–H groups in total. The Balaban J connectivity index is 1.90. The molecule has 0 bridgehead atoms. The summed E-state index contributed by atoms with van der Waals surface area (Å²) in [5.41, 5.74) is 0.872. The second kappa shape index (κ2) is 8.09. The van der Waals surface area contributed by atoms with Gasteiger partial charge in [0.1, 0.15) is 11.1 Å². The summed E-state index contributed by atoms with van der Waals surface area (Å²) in [6, 6.07) is 16.4. The molecule has 0 unspecified atom stereocenters. The maximum atomic E-state index is 13.2. The molecule has 1 amide bonds. The Kier molecular flexibility index (Phi) is 5.61. The topological polar surface area (TPSA) is 76.1 Å². The van der Waals surface area contributed by atoms with E-state index in [-0.39, 0.29) is 17.3 Å². The molecule has 1 atom stereocenters. The standard InChI is InChI=1S/C20H17FN2O3S/c21-17-8-10-18(11-9-17)27(25,26)19(16-7-4-12-22-13-16)14-23-20(24)15-5-2-1-3-6-15/h1-13,19H,14H2,(H,23,24)/t19-/m0/s1. The van der Waals surface area contributed by atoms with Gasteiger partial charge in [0.2, 0.25) is 0 Å². The van der Waals surface area contributed by atoms with Crippen LogP contribution in [0.25, 0.3) is 0 Å². The van der Waals surface area contributed by atoms with Gasteiger partial charge in [-0.3, -0.25) is 9.78 Å². The fourth-order valence-electron chi connectivity index (χ4n) is 2.64. The van der Waals surface area contributed by atoms with Crippen LogP contribution < -0.4 is 5.32 Å². The van der Waals surface area contributed by atoms with Gasteiger partial charge in [-0.2, -0.15) is 0 Å². The number of hydrogen-bond donors (Lipinski definition) is 1. The maximum Gasteiger partial charge on any atom is 0.251 e. The monoisotopic (exact) mass is 384 g/mol. The maximum absolute atomic E-state index is 13.2. The van der Waals surface area contributed by atoms with E-state index in [1.807, 2.05) is 0 Å². The van der Waals surface area contributed by atoms with Crippen molar-refractivity contribution in [1.82, 2.24) is 10.3 Å². The molecule has 27 heavy (non-hydrogen) atoms. The van der Waals surface area contributed by atoms with Gasteiger partial charge in [0.05, 0.1) is 4.90 Å². The van der Waals surface area contributed by atoms with E-state index >= 15 is 0 Å². The van der Waals surface area contributed by atoms with Gasteiger partial charge in [0.25, 0.3) is 5.91 Å². The zero-order valence-electron chi connectivity index (χ0n) is 14.2. The molecule has 0 aliphatic carbocycles. The summed E-state index contributed by atoms with van der Waals surface area (Å²) in [4.78, 5) is 16.3. The van der Waals surface area contributed by atoms with Crippen molar-refractivity contribution >= 4 is 15.7 Å². The summed E-state index contributed by atoms with van der Waals surface area (Å²) in [5.74, 6) is -0.900. The third kappa shape index (κ3) is 4.38. The number of carbonyl (C=O) groups is 1. The van der Waals surface area contributed by atoms with E-state index < -0.39 is 20.9 Å². The van der Waals surface area contributed by atoms with Crippen LogP contribution >= 0.6 is 0 Å². The van der Waals surface area contributed by atoms with Crippen molar-refractivity contribution < 1.29 is 17.6 Å². The molecule has 0 radical (unpaired) electrons. The third-order valence-corrected chi connectivity index (χ3v) is 6.17. The first-order chi connectivity index (χ1) is 13.0. The van der Waals surface area contributed by atoms with Crippen LogP contribution in [0.15, 0.2) is 84.0 Å². The van der Waals surface area contributed by atoms with Gasteiger partial charge in [0.15, 0.2) is 9.84 Å². The van der Waals surface area contributed by atoms with Crippen LogP contribution in [0.1, 0.15) is 21.2 Å². The summed E-state index contributed by atoms with van der Waals surface area (Å²) in [7, 11) is -3.87. The van der Waals surface area contributed by atoms with Crippen LogP contribution in [0, 0.1) is 5.82 Å². The molecule has 7 heteroatoms. The Morgan fingerprint density at radius 2 is 1.70 bits per heavy atom. The molecule has 0 spiro atoms. The number of rotatable bonds is 6. The van der Waals surface area contributed by atoms with Crippen molar-refractivity contribution in [2.45, 2.75) is 10.1 Å². The molecular formula is C20H17FN2O3S. The molecule has 3 aromatic rings. The molecule has 5 nitrogen and oxygen atoms in total. The van der Waals surface area contributed by atoms with Gasteiger partial charge in [-0.25, -0.2) is 12.8 Å². The Labute approximate surface area is 156 Å². The van der Waals surface area contributed by atoms with E-state index in [9.17, 15) is 17.6 Å². The third-order valence-electron chi connectivity index (χ3n) is 4.06. The molecule has 138 valence electrons. The van der Waals surface area contributed by atoms with E-state index in [1.165, 1.54) is 24.5 Å². The number of halogens is 1. The van der Waals surface area contributed by atoms with E-state index in [0.29, 0.717) is 11.1 Å². The highest BCUT2D eigenvalue weighted by molar-refractivity contribution is 7.91. The van der Waals surface area contributed by atoms with Crippen molar-refractivity contribution in [2.24, 2.45) is 0 Å². The summed E-state index contributed by atoms with van der Waals surface area (Å²) in [6.45, 7) is -0.140. The van der Waals surface area contributed by atoms with E-state index in [2.05, 4.69) is 10.3 Å². The van der Waals surface area contributed by atoms with Gasteiger partial charge in [-0.1, -0.05) is 24.3 Å². The molecule has 0 fully saturated rings. The van der Waals surface area contributed by atoms with Crippen molar-refractivity contribution in [1.29, 1.82) is 0 Å². The first-order valence-corrected chi connectivity index (χ1v) is 9.76. The lowest BCUT2D eigenvalue weighted by Gasteiger charge is -2.19. The molecule has 0 aliphatic heterocycles. The first-order valence-electron chi connectivity index (χ1n) is 8.21. The smallest absolute Gasteiger partial charge is 0.251 e. The average molecular weight is 384 g/mol. The van der Waals surface area contributed by atoms with Crippen LogP contribution in [-0.2, 0) is 9.84 Å². The van der Waals surface area contributed by atoms with Gasteiger partial charge in [-0.05, 0) is 48.0 Å². The molecule has 0 saturated heterocycles. The summed E-state index contributed by atoms with van der Waals surface area (Å²) < 4.78 is 39.4. The number of nitrogens with zero attached hydrogens (tertiary/aromatic N) is 1. The lowest BCUT2D eigenvalue weighted by Crippen LogP contribution is -2.32. The lowest BCUT2D eigenvalue weighted by atomic mass is 10.2. The van der Waals surface area contributed by atoms with Crippen LogP contribution in [-0.4, -0.2) is 25.9 Å². The molecule has 2 aromatic carbocycles. The Morgan fingerprint density at radius 3 is 2.33 bits per heavy atom. The minimum absolute atomic E-state index is 0.0216. The molecular weight excluding hydrogens is 367 g/mol. The van der Waals surface area contributed by atoms with Crippen LogP contribution in [0.3, 0.4) is 0 Å². The zero-order valence-corrected chi connectivity index (χ0v) is 15.1. The number of hydrogen-bond acceptors (Lipinski definition) is 4. The van der Waals surface area contributed by atoms with Crippen molar-refractivity contribution in [2.75, 3.05) is 6.54 Å². The lowest BCUT2D eigenvalue weighted by molar-refractivity contribution is 0.0953. The van der Waals surface area contributed by atoms with E-state index in [1.54, 1.807) is 42.5 Å². The number of sulfone groups is 1. The number of benzene rings is 2. The van der Waals surface area contributed by atoms with E-state index in [0.717, 1.165) is 12.1 Å². The second-order valence-electron chi connectivity index (χ2n) is 5.85. The summed E-state index contributed by atoms with van der Waals surface area (Å²) in [5, 5.41) is 1.61. The number of aromatic nitrogens is 1. The molecule has 1 heterocycles. The Morgan fingerprint density at radius 1 is 1.00 bits per heavy atom. The summed E-state index contributed by atoms with van der Waals surface area (Å²) >= 11 is 0. The van der Waals surface area contributed by atoms with Gasteiger partial charge >= 0.3 is 0 Å². The number of carbonyl (C=O) groups excluding carboxylic acids is 1. The number of amides is 1. The highest BCUT2D eigenvalue weighted by Crippen LogP contribution is 2.28. The highest BCUT2D eigenvalue weighted by atomic mass is 32.2. The minimum atomic E-state index is -3.87. The Bertz CT molecular complexity index is 1010. The molecule has 3 rings (SSSR count). The number of pyridine rings is 1. The highest BCUT2D eigenvalue weighted by Gasteiger charge is 2.30. The van der Waals surface area contributed by atoms with Crippen LogP contribution in [0.4, 0.5) is 4.39 Å². The molecule has 0 aliphatic rings. The van der Waals surface area contributed by atoms with Gasteiger partial charge < -0.3 is 5.32 Å². The summed E-state index contributed by atoms with van der Waals surface area (Å²) in [6.07, 6.45) is 2.98. The van der Waals surface area contributed by atoms with Crippen molar-refractivity contribution in [3.8, 4) is 0 Å². The van der Waals surface area contributed by atoms with Crippen LogP contribution in [0.5, 0.6) is 0 Å². The Hall–Kier alpha value is -3.06. The second-order valence-corrected chi connectivity index (χ2v) is 7.98. The largest absolute Gasteiger partial charge is 0.350 e. The average Bonchev–Trinajstić information content (AvgIpc) is 2.69. The fraction of sp³-hybridized carbons (Fsp3) is 0.100. The zero-order chi connectivity index (χ0) is 19.3. The van der Waals surface area contributed by atoms with Crippen molar-refractivity contribution in [3.05, 3.63) is 96.1 Å². The predicted molar refractivity (Wildman–Crippen MR) is 99.3 cm³/mol. The molecule has 0 saturated carbocycles. The van der Waals surface area contributed by atoms with E-state index in [4.69, 9.17) is 0 Å². The predicted octanol–water partition coefficient (Wildman–Crippen LogP) is 3.17. The van der Waals surface area contributed by atoms with Crippen LogP contribution in [0.2, 0.25) is 0 Å².